The highest BCUT2D eigenvalue weighted by Gasteiger charge is 2.41. The van der Waals surface area contributed by atoms with Crippen LogP contribution >= 0.6 is 11.6 Å². The SMILES string of the molecule is C[C@H](NS(=O)(=O)c1c(Cl)c(C(=O)Nc2ccc(F)c(F)c2)n2c1C=CCC2)C(F)(F)F. The summed E-state index contributed by atoms with van der Waals surface area (Å²) in [5.41, 5.74) is -0.547. The van der Waals surface area contributed by atoms with Crippen molar-refractivity contribution in [3.05, 3.63) is 52.3 Å². The summed E-state index contributed by atoms with van der Waals surface area (Å²) >= 11 is 6.17. The molecule has 1 amide bonds. The number of sulfonamides is 1. The van der Waals surface area contributed by atoms with Gasteiger partial charge in [-0.1, -0.05) is 17.7 Å². The van der Waals surface area contributed by atoms with E-state index in [1.165, 1.54) is 15.4 Å². The monoisotopic (exact) mass is 483 g/mol. The number of halogens is 6. The first-order valence-electron chi connectivity index (χ1n) is 8.77. The van der Waals surface area contributed by atoms with Crippen molar-refractivity contribution in [1.29, 1.82) is 0 Å². The quantitative estimate of drug-likeness (QED) is 0.622. The molecule has 2 aromatic rings. The molecule has 13 heteroatoms. The van der Waals surface area contributed by atoms with E-state index in [1.807, 2.05) is 0 Å². The number of rotatable bonds is 5. The highest BCUT2D eigenvalue weighted by atomic mass is 35.5. The molecule has 0 saturated heterocycles. The summed E-state index contributed by atoms with van der Waals surface area (Å²) < 4.78 is 93.3. The highest BCUT2D eigenvalue weighted by Crippen LogP contribution is 2.36. The average Bonchev–Trinajstić information content (AvgIpc) is 2.96. The van der Waals surface area contributed by atoms with Gasteiger partial charge in [0.2, 0.25) is 10.0 Å². The largest absolute Gasteiger partial charge is 0.404 e. The predicted molar refractivity (Wildman–Crippen MR) is 103 cm³/mol. The maximum Gasteiger partial charge on any atom is 0.404 e. The molecule has 1 aliphatic heterocycles. The van der Waals surface area contributed by atoms with E-state index >= 15 is 0 Å². The molecule has 1 atom stereocenters. The summed E-state index contributed by atoms with van der Waals surface area (Å²) in [6.07, 6.45) is -1.54. The standard InChI is InChI=1S/C18H15ClF5N3O3S/c1-9(18(22,23)24)26-31(29,30)16-13-4-2-3-7-27(13)15(14(16)19)17(28)25-10-5-6-11(20)12(21)8-10/h2,4-6,8-9,26H,3,7H2,1H3,(H,25,28)/t9-/m0/s1. The van der Waals surface area contributed by atoms with E-state index in [9.17, 15) is 35.2 Å². The third-order valence-electron chi connectivity index (χ3n) is 4.48. The lowest BCUT2D eigenvalue weighted by atomic mass is 10.2. The van der Waals surface area contributed by atoms with E-state index < -0.39 is 49.7 Å². The van der Waals surface area contributed by atoms with Gasteiger partial charge < -0.3 is 9.88 Å². The first-order chi connectivity index (χ1) is 14.3. The van der Waals surface area contributed by atoms with Gasteiger partial charge >= 0.3 is 6.18 Å². The van der Waals surface area contributed by atoms with Crippen molar-refractivity contribution in [2.75, 3.05) is 5.32 Å². The molecule has 1 aromatic heterocycles. The molecule has 0 spiro atoms. The maximum atomic E-state index is 13.4. The third-order valence-corrected chi connectivity index (χ3v) is 6.57. The molecule has 3 rings (SSSR count). The van der Waals surface area contributed by atoms with Crippen LogP contribution in [0.3, 0.4) is 0 Å². The Hall–Kier alpha value is -2.44. The summed E-state index contributed by atoms with van der Waals surface area (Å²) in [4.78, 5) is 12.1. The molecule has 1 aromatic carbocycles. The second kappa shape index (κ2) is 8.24. The van der Waals surface area contributed by atoms with Crippen molar-refractivity contribution < 1.29 is 35.2 Å². The van der Waals surface area contributed by atoms with Crippen molar-refractivity contribution in [3.63, 3.8) is 0 Å². The number of nitrogens with zero attached hydrogens (tertiary/aromatic N) is 1. The highest BCUT2D eigenvalue weighted by molar-refractivity contribution is 7.89. The zero-order chi connectivity index (χ0) is 23.1. The molecular formula is C18H15ClF5N3O3S. The first kappa shape index (κ1) is 23.2. The molecule has 0 saturated carbocycles. The van der Waals surface area contributed by atoms with Gasteiger partial charge in [-0.2, -0.15) is 17.9 Å². The topological polar surface area (TPSA) is 80.2 Å². The van der Waals surface area contributed by atoms with Gasteiger partial charge in [0.25, 0.3) is 5.91 Å². The number of allylic oxidation sites excluding steroid dienone is 1. The fourth-order valence-corrected chi connectivity index (χ4v) is 5.07. The normalized spacial score (nSPS) is 14.9. The zero-order valence-corrected chi connectivity index (χ0v) is 17.3. The van der Waals surface area contributed by atoms with Gasteiger partial charge in [0.05, 0.1) is 10.7 Å². The Kier molecular flexibility index (Phi) is 6.18. The Balaban J connectivity index is 2.05. The Morgan fingerprint density at radius 1 is 1.23 bits per heavy atom. The maximum absolute atomic E-state index is 13.4. The zero-order valence-electron chi connectivity index (χ0n) is 15.7. The van der Waals surface area contributed by atoms with Gasteiger partial charge in [0.15, 0.2) is 11.6 Å². The minimum atomic E-state index is -4.85. The minimum Gasteiger partial charge on any atom is -0.334 e. The molecule has 0 radical (unpaired) electrons. The number of carbonyl (C=O) groups is 1. The molecule has 0 aliphatic carbocycles. The van der Waals surface area contributed by atoms with Gasteiger partial charge in [0, 0.05) is 18.3 Å². The van der Waals surface area contributed by atoms with Gasteiger partial charge in [-0.05, 0) is 31.6 Å². The summed E-state index contributed by atoms with van der Waals surface area (Å²) in [7, 11) is -4.78. The van der Waals surface area contributed by atoms with Crippen LogP contribution in [0.1, 0.15) is 29.5 Å². The molecule has 0 fully saturated rings. The van der Waals surface area contributed by atoms with Crippen molar-refractivity contribution in [3.8, 4) is 0 Å². The van der Waals surface area contributed by atoms with E-state index in [-0.39, 0.29) is 23.6 Å². The number of carbonyl (C=O) groups excluding carboxylic acids is 1. The number of anilines is 1. The number of nitrogens with one attached hydrogen (secondary N) is 2. The van der Waals surface area contributed by atoms with E-state index in [1.54, 1.807) is 6.08 Å². The Morgan fingerprint density at radius 2 is 1.90 bits per heavy atom. The Morgan fingerprint density at radius 3 is 2.52 bits per heavy atom. The lowest BCUT2D eigenvalue weighted by Gasteiger charge is -2.18. The lowest BCUT2D eigenvalue weighted by Crippen LogP contribution is -2.43. The van der Waals surface area contributed by atoms with Crippen LogP contribution < -0.4 is 10.0 Å². The van der Waals surface area contributed by atoms with Gasteiger partial charge in [-0.3, -0.25) is 4.79 Å². The number of fused-ring (bicyclic) bond motifs is 1. The second-order valence-corrected chi connectivity index (χ2v) is 8.72. The van der Waals surface area contributed by atoms with Crippen LogP contribution in [0.2, 0.25) is 5.02 Å². The molecule has 31 heavy (non-hydrogen) atoms. The number of aromatic nitrogens is 1. The summed E-state index contributed by atoms with van der Waals surface area (Å²) in [5, 5.41) is 1.68. The van der Waals surface area contributed by atoms with Crippen LogP contribution in [0, 0.1) is 11.6 Å². The first-order valence-corrected chi connectivity index (χ1v) is 10.6. The van der Waals surface area contributed by atoms with Crippen molar-refractivity contribution in [1.82, 2.24) is 9.29 Å². The van der Waals surface area contributed by atoms with Crippen LogP contribution in [0.4, 0.5) is 27.6 Å². The van der Waals surface area contributed by atoms with Gasteiger partial charge in [-0.15, -0.1) is 0 Å². The smallest absolute Gasteiger partial charge is 0.334 e. The Labute approximate surface area is 178 Å². The lowest BCUT2D eigenvalue weighted by molar-refractivity contribution is -0.147. The third kappa shape index (κ3) is 4.60. The van der Waals surface area contributed by atoms with E-state index in [2.05, 4.69) is 5.32 Å². The van der Waals surface area contributed by atoms with Crippen molar-refractivity contribution in [2.45, 2.75) is 37.0 Å². The fourth-order valence-electron chi connectivity index (χ4n) is 2.98. The van der Waals surface area contributed by atoms with Crippen LogP contribution in [-0.2, 0) is 16.6 Å². The number of benzene rings is 1. The predicted octanol–water partition coefficient (Wildman–Crippen LogP) is 4.32. The average molecular weight is 484 g/mol. The molecule has 1 aliphatic rings. The van der Waals surface area contributed by atoms with Crippen LogP contribution in [-0.4, -0.2) is 31.1 Å². The van der Waals surface area contributed by atoms with Gasteiger partial charge in [-0.25, -0.2) is 17.2 Å². The molecule has 6 nitrogen and oxygen atoms in total. The van der Waals surface area contributed by atoms with E-state index in [0.29, 0.717) is 19.4 Å². The number of hydrogen-bond acceptors (Lipinski definition) is 3. The number of amides is 1. The van der Waals surface area contributed by atoms with Crippen molar-refractivity contribution >= 4 is 39.3 Å². The molecule has 2 N–H and O–H groups in total. The summed E-state index contributed by atoms with van der Waals surface area (Å²) in [6, 6.07) is 0.164. The van der Waals surface area contributed by atoms with E-state index in [4.69, 9.17) is 11.6 Å². The van der Waals surface area contributed by atoms with Crippen LogP contribution in [0.15, 0.2) is 29.2 Å². The van der Waals surface area contributed by atoms with Gasteiger partial charge in [0.1, 0.15) is 16.6 Å². The number of hydrogen-bond donors (Lipinski definition) is 2. The number of alkyl halides is 3. The Bertz CT molecular complexity index is 1180. The minimum absolute atomic E-state index is 0.0754. The van der Waals surface area contributed by atoms with Crippen LogP contribution in [0.5, 0.6) is 0 Å². The molecule has 2 heterocycles. The van der Waals surface area contributed by atoms with Crippen molar-refractivity contribution in [2.24, 2.45) is 0 Å². The van der Waals surface area contributed by atoms with Crippen LogP contribution in [0.25, 0.3) is 6.08 Å². The van der Waals surface area contributed by atoms with E-state index in [0.717, 1.165) is 12.1 Å². The second-order valence-electron chi connectivity index (χ2n) is 6.69. The molecule has 0 unspecified atom stereocenters. The molecule has 168 valence electrons. The molecule has 0 bridgehead atoms. The molecular weight excluding hydrogens is 469 g/mol. The summed E-state index contributed by atoms with van der Waals surface area (Å²) in [5.74, 6) is -3.31. The summed E-state index contributed by atoms with van der Waals surface area (Å²) in [6.45, 7) is 0.747. The fraction of sp³-hybridized carbons (Fsp3) is 0.278.